The van der Waals surface area contributed by atoms with Gasteiger partial charge < -0.3 is 0 Å². The van der Waals surface area contributed by atoms with Gasteiger partial charge in [-0.05, 0) is 102 Å². The Hall–Kier alpha value is -3.94. The quantitative estimate of drug-likeness (QED) is 0.180. The lowest BCUT2D eigenvalue weighted by molar-refractivity contribution is 0.563. The van der Waals surface area contributed by atoms with Crippen LogP contribution < -0.4 is 0 Å². The first-order chi connectivity index (χ1) is 18.7. The second-order valence-corrected chi connectivity index (χ2v) is 12.0. The Morgan fingerprint density at radius 1 is 0.500 bits per heavy atom. The summed E-state index contributed by atoms with van der Waals surface area (Å²) in [5.41, 5.74) is 11.4. The third-order valence-corrected chi connectivity index (χ3v) is 9.75. The fourth-order valence-electron chi connectivity index (χ4n) is 7.64. The Morgan fingerprint density at radius 2 is 1.21 bits per heavy atom. The van der Waals surface area contributed by atoms with E-state index in [0.717, 1.165) is 17.3 Å². The maximum atomic E-state index is 3.77. The number of rotatable bonds is 1. The zero-order chi connectivity index (χ0) is 25.0. The van der Waals surface area contributed by atoms with Crippen LogP contribution in [0.1, 0.15) is 22.3 Å². The fraction of sp³-hybridized carbons (Fsp3) is 0.0811. The topological polar surface area (TPSA) is 0 Å². The Balaban J connectivity index is 1.23. The highest BCUT2D eigenvalue weighted by Gasteiger charge is 2.47. The summed E-state index contributed by atoms with van der Waals surface area (Å²) in [6.07, 6.45) is 2.10. The van der Waals surface area contributed by atoms with Crippen molar-refractivity contribution >= 4 is 48.2 Å². The van der Waals surface area contributed by atoms with Gasteiger partial charge in [0.25, 0.3) is 0 Å². The molecule has 2 aliphatic carbocycles. The molecule has 0 amide bonds. The Kier molecular flexibility index (Phi) is 4.06. The van der Waals surface area contributed by atoms with Gasteiger partial charge in [0.2, 0.25) is 0 Å². The van der Waals surface area contributed by atoms with E-state index >= 15 is 0 Å². The molecule has 0 N–H and O–H groups in total. The zero-order valence-electron chi connectivity index (χ0n) is 20.8. The van der Waals surface area contributed by atoms with E-state index in [9.17, 15) is 0 Å². The Morgan fingerprint density at radius 3 is 2.11 bits per heavy atom. The van der Waals surface area contributed by atoms with Gasteiger partial charge in [-0.3, -0.25) is 0 Å². The minimum absolute atomic E-state index is 0.0132. The van der Waals surface area contributed by atoms with E-state index in [2.05, 4.69) is 131 Å². The van der Waals surface area contributed by atoms with E-state index in [1.807, 2.05) is 0 Å². The summed E-state index contributed by atoms with van der Waals surface area (Å²) < 4.78 is 1.16. The van der Waals surface area contributed by atoms with E-state index in [0.29, 0.717) is 0 Å². The molecule has 178 valence electrons. The van der Waals surface area contributed by atoms with E-state index < -0.39 is 0 Å². The Labute approximate surface area is 230 Å². The maximum Gasteiger partial charge on any atom is 0.0296 e. The zero-order valence-corrected chi connectivity index (χ0v) is 22.3. The minimum Gasteiger partial charge on any atom is -0.0619 e. The van der Waals surface area contributed by atoms with Gasteiger partial charge in [-0.25, -0.2) is 0 Å². The van der Waals surface area contributed by atoms with Gasteiger partial charge in [-0.1, -0.05) is 119 Å². The first-order valence-electron chi connectivity index (χ1n) is 13.4. The summed E-state index contributed by atoms with van der Waals surface area (Å²) >= 11 is 3.77. The lowest BCUT2D eigenvalue weighted by atomic mass is 9.76. The predicted octanol–water partition coefficient (Wildman–Crippen LogP) is 10.1. The lowest BCUT2D eigenvalue weighted by Gasteiger charge is -2.26. The van der Waals surface area contributed by atoms with Crippen molar-refractivity contribution in [3.05, 3.63) is 142 Å². The maximum absolute atomic E-state index is 3.77. The van der Waals surface area contributed by atoms with Gasteiger partial charge in [-0.15, -0.1) is 0 Å². The van der Waals surface area contributed by atoms with Crippen LogP contribution in [0.25, 0.3) is 54.6 Å². The molecule has 7 aromatic carbocycles. The summed E-state index contributed by atoms with van der Waals surface area (Å²) in [6, 6.07) is 43.5. The van der Waals surface area contributed by atoms with Crippen molar-refractivity contribution < 1.29 is 0 Å². The van der Waals surface area contributed by atoms with Crippen LogP contribution in [0.4, 0.5) is 0 Å². The Bertz CT molecular complexity index is 2080. The molecule has 0 aliphatic heterocycles. The van der Waals surface area contributed by atoms with Crippen LogP contribution >= 0.6 is 15.9 Å². The first-order valence-corrected chi connectivity index (χ1v) is 14.2. The minimum atomic E-state index is 0.0132. The molecule has 0 bridgehead atoms. The highest BCUT2D eigenvalue weighted by Crippen LogP contribution is 2.56. The molecule has 1 atom stereocenters. The van der Waals surface area contributed by atoms with E-state index in [1.165, 1.54) is 76.8 Å². The molecule has 1 heteroatoms. The summed E-state index contributed by atoms with van der Waals surface area (Å²) in [5, 5.41) is 8.07. The van der Waals surface area contributed by atoms with Gasteiger partial charge in [-0.2, -0.15) is 0 Å². The molecule has 0 saturated heterocycles. The van der Waals surface area contributed by atoms with Gasteiger partial charge >= 0.3 is 0 Å². The van der Waals surface area contributed by atoms with Crippen molar-refractivity contribution in [2.45, 2.75) is 18.3 Å². The van der Waals surface area contributed by atoms with Gasteiger partial charge in [0.15, 0.2) is 0 Å². The molecule has 0 nitrogen and oxygen atoms in total. The third kappa shape index (κ3) is 2.65. The average molecular weight is 547 g/mol. The van der Waals surface area contributed by atoms with Crippen molar-refractivity contribution in [3.8, 4) is 22.3 Å². The predicted molar refractivity (Wildman–Crippen MR) is 163 cm³/mol. The average Bonchev–Trinajstić information content (AvgIpc) is 3.47. The van der Waals surface area contributed by atoms with Crippen LogP contribution in [-0.2, 0) is 18.3 Å². The summed E-state index contributed by atoms with van der Waals surface area (Å²) in [7, 11) is 0. The highest BCUT2D eigenvalue weighted by molar-refractivity contribution is 9.10. The summed E-state index contributed by atoms with van der Waals surface area (Å²) in [6.45, 7) is 0. The normalized spacial score (nSPS) is 17.5. The summed E-state index contributed by atoms with van der Waals surface area (Å²) in [4.78, 5) is 0. The molecular formula is C37H23Br. The molecule has 9 rings (SSSR count). The molecule has 0 radical (unpaired) electrons. The lowest BCUT2D eigenvalue weighted by Crippen LogP contribution is -2.25. The van der Waals surface area contributed by atoms with E-state index in [4.69, 9.17) is 0 Å². The van der Waals surface area contributed by atoms with Crippen LogP contribution in [-0.4, -0.2) is 0 Å². The largest absolute Gasteiger partial charge is 0.0619 e. The van der Waals surface area contributed by atoms with Crippen LogP contribution in [0.2, 0.25) is 0 Å². The van der Waals surface area contributed by atoms with Crippen LogP contribution in [0.15, 0.2) is 120 Å². The fourth-order valence-corrected chi connectivity index (χ4v) is 8.00. The van der Waals surface area contributed by atoms with Gasteiger partial charge in [0, 0.05) is 9.89 Å². The number of hydrogen-bond donors (Lipinski definition) is 0. The number of halogens is 1. The molecule has 2 aliphatic rings. The molecule has 0 aromatic heterocycles. The molecule has 0 saturated carbocycles. The first kappa shape index (κ1) is 21.0. The van der Waals surface area contributed by atoms with Crippen LogP contribution in [0.3, 0.4) is 0 Å². The van der Waals surface area contributed by atoms with Crippen molar-refractivity contribution in [2.75, 3.05) is 0 Å². The molecule has 7 aromatic rings. The van der Waals surface area contributed by atoms with Crippen molar-refractivity contribution in [2.24, 2.45) is 0 Å². The monoisotopic (exact) mass is 546 g/mol. The molecule has 1 spiro atoms. The molecular weight excluding hydrogens is 524 g/mol. The van der Waals surface area contributed by atoms with Gasteiger partial charge in [0.05, 0.1) is 0 Å². The number of benzene rings is 7. The second-order valence-electron chi connectivity index (χ2n) is 11.1. The third-order valence-electron chi connectivity index (χ3n) is 9.26. The number of hydrogen-bond acceptors (Lipinski definition) is 0. The smallest absolute Gasteiger partial charge is 0.0296 e. The van der Waals surface area contributed by atoms with E-state index in [1.54, 1.807) is 0 Å². The van der Waals surface area contributed by atoms with Gasteiger partial charge in [0.1, 0.15) is 0 Å². The summed E-state index contributed by atoms with van der Waals surface area (Å²) in [5.74, 6) is 0. The SMILES string of the molecule is Brc1ccc2c(c1)C1(Cc3ccc(-c4ccc5ccc6cccc7ccc4c5c67)cc3C1)c1ccccc1-2. The highest BCUT2D eigenvalue weighted by atomic mass is 79.9. The van der Waals surface area contributed by atoms with Crippen molar-refractivity contribution in [3.63, 3.8) is 0 Å². The number of fused-ring (bicyclic) bond motifs is 6. The van der Waals surface area contributed by atoms with Crippen LogP contribution in [0, 0.1) is 0 Å². The molecule has 0 heterocycles. The van der Waals surface area contributed by atoms with Crippen molar-refractivity contribution in [1.29, 1.82) is 0 Å². The standard InChI is InChI=1S/C37H23Br/c38-28-14-17-31-30-6-1-2-7-33(30)37(34(31)19-28)20-26-11-10-25(18-27(26)21-37)29-15-12-24-9-8-22-4-3-5-23-13-16-32(29)36(24)35(22)23/h1-19H,20-21H2. The van der Waals surface area contributed by atoms with Crippen molar-refractivity contribution in [1.82, 2.24) is 0 Å². The molecule has 0 fully saturated rings. The molecule has 1 unspecified atom stereocenters. The second kappa shape index (κ2) is 7.34. The van der Waals surface area contributed by atoms with Crippen LogP contribution in [0.5, 0.6) is 0 Å². The molecule has 38 heavy (non-hydrogen) atoms. The van der Waals surface area contributed by atoms with E-state index in [-0.39, 0.29) is 5.41 Å².